The summed E-state index contributed by atoms with van der Waals surface area (Å²) in [5.74, 6) is -0.144. The number of rotatable bonds is 3. The molecule has 1 aromatic rings. The molecule has 1 aliphatic carbocycles. The molecule has 0 spiro atoms. The number of carbonyl (C=O) groups excluding carboxylic acids is 1. The van der Waals surface area contributed by atoms with Gasteiger partial charge in [0, 0.05) is 25.2 Å². The van der Waals surface area contributed by atoms with E-state index in [1.807, 2.05) is 0 Å². The van der Waals surface area contributed by atoms with Crippen LogP contribution < -0.4 is 0 Å². The topological polar surface area (TPSA) is 72.7 Å². The molecule has 0 bridgehead atoms. The van der Waals surface area contributed by atoms with E-state index in [1.54, 1.807) is 11.0 Å². The van der Waals surface area contributed by atoms with Gasteiger partial charge in [-0.2, -0.15) is 0 Å². The number of carbonyl (C=O) groups is 1. The molecule has 1 heterocycles. The zero-order chi connectivity index (χ0) is 15.5. The fourth-order valence-corrected chi connectivity index (χ4v) is 2.96. The number of morpholine rings is 1. The van der Waals surface area contributed by atoms with E-state index in [0.717, 1.165) is 30.4 Å². The van der Waals surface area contributed by atoms with E-state index < -0.39 is 4.92 Å². The quantitative estimate of drug-likeness (QED) is 0.635. The lowest BCUT2D eigenvalue weighted by molar-refractivity contribution is -0.384. The van der Waals surface area contributed by atoms with Gasteiger partial charge in [-0.3, -0.25) is 14.9 Å². The summed E-state index contributed by atoms with van der Waals surface area (Å²) in [7, 11) is 0. The summed E-state index contributed by atoms with van der Waals surface area (Å²) in [5.41, 5.74) is 2.34. The van der Waals surface area contributed by atoms with E-state index in [1.165, 1.54) is 12.1 Å². The summed E-state index contributed by atoms with van der Waals surface area (Å²) in [5, 5.41) is 11.0. The zero-order valence-electron chi connectivity index (χ0n) is 12.3. The maximum atomic E-state index is 12.8. The van der Waals surface area contributed by atoms with Gasteiger partial charge in [-0.1, -0.05) is 6.08 Å². The van der Waals surface area contributed by atoms with Crippen LogP contribution in [-0.2, 0) is 4.74 Å². The number of non-ortho nitro benzene ring substituents is 1. The number of nitro benzene ring substituents is 1. The van der Waals surface area contributed by atoms with Gasteiger partial charge >= 0.3 is 0 Å². The Morgan fingerprint density at radius 3 is 2.68 bits per heavy atom. The molecule has 3 rings (SSSR count). The van der Waals surface area contributed by atoms with Gasteiger partial charge in [0.15, 0.2) is 0 Å². The number of nitrogens with zero attached hydrogens (tertiary/aromatic N) is 2. The number of ether oxygens (including phenoxy) is 1. The van der Waals surface area contributed by atoms with Gasteiger partial charge in [0.25, 0.3) is 11.6 Å². The Morgan fingerprint density at radius 2 is 2.05 bits per heavy atom. The second kappa shape index (κ2) is 6.27. The minimum absolute atomic E-state index is 0.0426. The Labute approximate surface area is 128 Å². The molecule has 0 unspecified atom stereocenters. The van der Waals surface area contributed by atoms with Crippen LogP contribution >= 0.6 is 0 Å². The Bertz CT molecular complexity index is 633. The number of benzene rings is 1. The lowest BCUT2D eigenvalue weighted by atomic mass is 9.97. The van der Waals surface area contributed by atoms with Crippen LogP contribution in [0.5, 0.6) is 0 Å². The minimum atomic E-state index is -0.455. The van der Waals surface area contributed by atoms with Crippen molar-refractivity contribution < 1.29 is 14.5 Å². The van der Waals surface area contributed by atoms with Crippen LogP contribution in [-0.4, -0.2) is 42.0 Å². The van der Waals surface area contributed by atoms with Crippen molar-refractivity contribution in [2.24, 2.45) is 0 Å². The Balaban J connectivity index is 1.99. The number of amides is 1. The van der Waals surface area contributed by atoms with E-state index in [-0.39, 0.29) is 11.6 Å². The summed E-state index contributed by atoms with van der Waals surface area (Å²) >= 11 is 0. The van der Waals surface area contributed by atoms with Crippen LogP contribution in [0.2, 0.25) is 0 Å². The van der Waals surface area contributed by atoms with Gasteiger partial charge in [0.05, 0.1) is 23.7 Å². The molecule has 6 nitrogen and oxygen atoms in total. The third-order valence-corrected chi connectivity index (χ3v) is 4.13. The maximum absolute atomic E-state index is 12.8. The van der Waals surface area contributed by atoms with E-state index in [9.17, 15) is 14.9 Å². The molecule has 6 heteroatoms. The van der Waals surface area contributed by atoms with Crippen molar-refractivity contribution in [2.75, 3.05) is 26.3 Å². The largest absolute Gasteiger partial charge is 0.378 e. The smallest absolute Gasteiger partial charge is 0.270 e. The summed E-state index contributed by atoms with van der Waals surface area (Å²) in [6.45, 7) is 2.08. The molecular formula is C16H18N2O4. The number of allylic oxidation sites excluding steroid dienone is 2. The average molecular weight is 302 g/mol. The molecule has 1 saturated heterocycles. The van der Waals surface area contributed by atoms with Gasteiger partial charge in [0.1, 0.15) is 0 Å². The molecule has 0 aromatic heterocycles. The first-order valence-corrected chi connectivity index (χ1v) is 7.51. The first-order valence-electron chi connectivity index (χ1n) is 7.51. The third kappa shape index (κ3) is 2.87. The Morgan fingerprint density at radius 1 is 1.27 bits per heavy atom. The van der Waals surface area contributed by atoms with Crippen molar-refractivity contribution >= 4 is 17.2 Å². The maximum Gasteiger partial charge on any atom is 0.270 e. The van der Waals surface area contributed by atoms with Gasteiger partial charge in [-0.05, 0) is 36.5 Å². The van der Waals surface area contributed by atoms with Crippen molar-refractivity contribution in [2.45, 2.75) is 19.3 Å². The Hall–Kier alpha value is -2.21. The normalized spacial score (nSPS) is 18.2. The van der Waals surface area contributed by atoms with Gasteiger partial charge in [-0.15, -0.1) is 0 Å². The van der Waals surface area contributed by atoms with Crippen molar-refractivity contribution in [1.29, 1.82) is 0 Å². The summed E-state index contributed by atoms with van der Waals surface area (Å²) in [4.78, 5) is 25.1. The monoisotopic (exact) mass is 302 g/mol. The lowest BCUT2D eigenvalue weighted by Crippen LogP contribution is -2.41. The van der Waals surface area contributed by atoms with E-state index in [2.05, 4.69) is 6.08 Å². The predicted molar refractivity (Wildman–Crippen MR) is 81.6 cm³/mol. The van der Waals surface area contributed by atoms with Gasteiger partial charge < -0.3 is 9.64 Å². The van der Waals surface area contributed by atoms with E-state index in [4.69, 9.17) is 4.74 Å². The van der Waals surface area contributed by atoms with E-state index >= 15 is 0 Å². The lowest BCUT2D eigenvalue weighted by Gasteiger charge is -2.27. The molecule has 1 aliphatic heterocycles. The standard InChI is InChI=1S/C16H18N2O4/c19-16(17-7-9-22-10-8-17)15-11-13(18(20)21)5-6-14(15)12-3-1-2-4-12/h3,5-6,11H,1-2,4,7-10H2. The Kier molecular flexibility index (Phi) is 4.20. The summed E-state index contributed by atoms with van der Waals surface area (Å²) in [6.07, 6.45) is 5.10. The van der Waals surface area contributed by atoms with Crippen molar-refractivity contribution in [3.63, 3.8) is 0 Å². The highest BCUT2D eigenvalue weighted by Crippen LogP contribution is 2.32. The highest BCUT2D eigenvalue weighted by atomic mass is 16.6. The second-order valence-corrected chi connectivity index (χ2v) is 5.51. The van der Waals surface area contributed by atoms with Crippen LogP contribution in [0.1, 0.15) is 35.2 Å². The highest BCUT2D eigenvalue weighted by Gasteiger charge is 2.25. The second-order valence-electron chi connectivity index (χ2n) is 5.51. The molecule has 1 aromatic carbocycles. The fraction of sp³-hybridized carbons (Fsp3) is 0.438. The van der Waals surface area contributed by atoms with Gasteiger partial charge in [-0.25, -0.2) is 0 Å². The number of nitro groups is 1. The zero-order valence-corrected chi connectivity index (χ0v) is 12.3. The predicted octanol–water partition coefficient (Wildman–Crippen LogP) is 2.63. The van der Waals surface area contributed by atoms with Crippen LogP contribution in [0.25, 0.3) is 5.57 Å². The van der Waals surface area contributed by atoms with Gasteiger partial charge in [0.2, 0.25) is 0 Å². The van der Waals surface area contributed by atoms with E-state index in [0.29, 0.717) is 31.9 Å². The molecule has 0 N–H and O–H groups in total. The molecule has 22 heavy (non-hydrogen) atoms. The summed E-state index contributed by atoms with van der Waals surface area (Å²) in [6, 6.07) is 4.60. The first kappa shape index (κ1) is 14.7. The van der Waals surface area contributed by atoms with Crippen LogP contribution in [0.3, 0.4) is 0 Å². The van der Waals surface area contributed by atoms with Crippen molar-refractivity contribution in [1.82, 2.24) is 4.90 Å². The van der Waals surface area contributed by atoms with Crippen LogP contribution in [0.4, 0.5) is 5.69 Å². The first-order chi connectivity index (χ1) is 10.7. The summed E-state index contributed by atoms with van der Waals surface area (Å²) < 4.78 is 5.26. The molecule has 0 saturated carbocycles. The fourth-order valence-electron chi connectivity index (χ4n) is 2.96. The number of hydrogen-bond acceptors (Lipinski definition) is 4. The van der Waals surface area contributed by atoms with Crippen LogP contribution in [0, 0.1) is 10.1 Å². The van der Waals surface area contributed by atoms with Crippen LogP contribution in [0.15, 0.2) is 24.3 Å². The molecule has 1 fully saturated rings. The third-order valence-electron chi connectivity index (χ3n) is 4.13. The van der Waals surface area contributed by atoms with Crippen molar-refractivity contribution in [3.8, 4) is 0 Å². The minimum Gasteiger partial charge on any atom is -0.378 e. The molecule has 116 valence electrons. The molecular weight excluding hydrogens is 284 g/mol. The molecule has 1 amide bonds. The molecule has 0 atom stereocenters. The SMILES string of the molecule is O=C(c1cc([N+](=O)[O-])ccc1C1=CCCC1)N1CCOCC1. The molecule has 0 radical (unpaired) electrons. The average Bonchev–Trinajstić information content (AvgIpc) is 3.08. The highest BCUT2D eigenvalue weighted by molar-refractivity contribution is 6.00. The van der Waals surface area contributed by atoms with Crippen molar-refractivity contribution in [3.05, 3.63) is 45.5 Å². The molecule has 2 aliphatic rings. The number of hydrogen-bond donors (Lipinski definition) is 0.